The lowest BCUT2D eigenvalue weighted by Gasteiger charge is -2.45. The van der Waals surface area contributed by atoms with Crippen molar-refractivity contribution in [2.24, 2.45) is 5.16 Å². The molecule has 0 radical (unpaired) electrons. The first-order valence-corrected chi connectivity index (χ1v) is 23.0. The van der Waals surface area contributed by atoms with Crippen LogP contribution in [0.15, 0.2) is 5.16 Å². The van der Waals surface area contributed by atoms with Gasteiger partial charge in [0.2, 0.25) is 35.8 Å². The molecule has 14 N–H and O–H groups in total. The van der Waals surface area contributed by atoms with Gasteiger partial charge >= 0.3 is 5.97 Å². The molecule has 0 aromatic carbocycles. The predicted octanol–water partition coefficient (Wildman–Crippen LogP) is -4.06. The van der Waals surface area contributed by atoms with E-state index in [2.05, 4.69) is 21.1 Å². The molecular weight excluding hydrogens is 926 g/mol. The number of carbonyl (C=O) groups excluding carboxylic acids is 6. The molecule has 2 saturated heterocycles. The third kappa shape index (κ3) is 21.7. The van der Waals surface area contributed by atoms with E-state index in [1.807, 2.05) is 0 Å². The van der Waals surface area contributed by atoms with Gasteiger partial charge in [-0.25, -0.2) is 15.2 Å². The van der Waals surface area contributed by atoms with E-state index in [-0.39, 0.29) is 64.4 Å². The number of aliphatic hydroxyl groups is 7. The summed E-state index contributed by atoms with van der Waals surface area (Å²) in [4.78, 5) is 73.2. The highest BCUT2D eigenvalue weighted by Crippen LogP contribution is 2.29. The number of aliphatic hydroxyl groups excluding tert-OH is 7. The summed E-state index contributed by atoms with van der Waals surface area (Å²) in [7, 11) is 1.44. The van der Waals surface area contributed by atoms with Crippen LogP contribution in [0.1, 0.15) is 96.3 Å². The zero-order valence-corrected chi connectivity index (χ0v) is 38.8. The number of likely N-dealkylation sites (N-methyl/N-ethyl adjacent to an activating group) is 1. The SMILES string of the molecule is CNC(CO)[C@H]1O[C@H](O)[C@H](O[C@H]2O[C@H](COC(=O)CCC(=O)N(O)CCCCCNC(=O)CCC(=O)N(O)CCCCCNC(=O)CCC(=O)N(O)CCCCCO)[C@@H](O)[C@H](O)/C2=N\O)[C@@H](O)[C@@H]1O. The number of hydrogen-bond donors (Lipinski definition) is 14. The first-order chi connectivity index (χ1) is 32.9. The molecule has 2 fully saturated rings. The van der Waals surface area contributed by atoms with Crippen LogP contribution in [-0.2, 0) is 47.7 Å². The smallest absolute Gasteiger partial charge is 0.306 e. The molecule has 2 aliphatic rings. The molecule has 0 aromatic rings. The molecule has 0 saturated carbocycles. The Hall–Kier alpha value is -4.27. The van der Waals surface area contributed by atoms with Gasteiger partial charge in [-0.1, -0.05) is 5.16 Å². The second kappa shape index (κ2) is 33.3. The summed E-state index contributed by atoms with van der Waals surface area (Å²) in [5.41, 5.74) is -0.698. The topological polar surface area (TPSA) is 420 Å². The van der Waals surface area contributed by atoms with E-state index in [9.17, 15) is 80.2 Å². The first-order valence-electron chi connectivity index (χ1n) is 23.0. The summed E-state index contributed by atoms with van der Waals surface area (Å²) in [5, 5.41) is 123. The van der Waals surface area contributed by atoms with E-state index >= 15 is 0 Å². The van der Waals surface area contributed by atoms with Crippen molar-refractivity contribution in [3.8, 4) is 0 Å². The maximum absolute atomic E-state index is 12.4. The number of amides is 5. The van der Waals surface area contributed by atoms with E-state index in [1.54, 1.807) is 0 Å². The quantitative estimate of drug-likeness (QED) is 0.00978. The highest BCUT2D eigenvalue weighted by molar-refractivity contribution is 5.92. The summed E-state index contributed by atoms with van der Waals surface area (Å²) in [6.45, 7) is -0.614. The van der Waals surface area contributed by atoms with Crippen molar-refractivity contribution in [3.63, 3.8) is 0 Å². The minimum absolute atomic E-state index is 0.0229. The minimum atomic E-state index is -1.96. The van der Waals surface area contributed by atoms with E-state index in [0.717, 1.165) is 0 Å². The van der Waals surface area contributed by atoms with Crippen LogP contribution in [0.5, 0.6) is 0 Å². The van der Waals surface area contributed by atoms with Crippen LogP contribution in [0.25, 0.3) is 0 Å². The third-order valence-electron chi connectivity index (χ3n) is 11.2. The van der Waals surface area contributed by atoms with Gasteiger partial charge in [0.1, 0.15) is 55.0 Å². The summed E-state index contributed by atoms with van der Waals surface area (Å²) < 4.78 is 21.4. The van der Waals surface area contributed by atoms with Gasteiger partial charge in [0.05, 0.1) is 19.1 Å². The fourth-order valence-electron chi connectivity index (χ4n) is 7.00. The maximum Gasteiger partial charge on any atom is 0.306 e. The molecule has 69 heavy (non-hydrogen) atoms. The fourth-order valence-corrected chi connectivity index (χ4v) is 7.00. The molecule has 0 spiro atoms. The van der Waals surface area contributed by atoms with Crippen LogP contribution in [0, 0.1) is 0 Å². The standard InChI is InChI=1S/C41H73N7O21/c1-42-25(23-50)38-36(59)37(60)39(40(61)68-38)69-41-33(45-62)35(58)34(57)26(67-41)24-66-32(56)16-15-31(55)48(65)20-8-3-6-18-44-27(51)11-13-29(53)46(63)19-7-2-5-17-43-28(52)12-14-30(54)47(64)21-9-4-10-22-49/h25-26,34-42,49-50,57-65H,2-24H2,1H3,(H,43,52)(H,44,51)/b45-33+/t25?,26-,34-,35-,36+,37+,38-,39-,40+,41-/m1/s1. The molecule has 1 unspecified atom stereocenters. The van der Waals surface area contributed by atoms with Gasteiger partial charge in [-0.3, -0.25) is 44.4 Å². The normalized spacial score (nSPS) is 24.6. The van der Waals surface area contributed by atoms with Gasteiger partial charge < -0.3 is 75.9 Å². The Morgan fingerprint density at radius 3 is 1.61 bits per heavy atom. The number of carbonyl (C=O) groups is 6. The molecule has 2 rings (SSSR count). The average molecular weight is 1000 g/mol. The van der Waals surface area contributed by atoms with Crippen molar-refractivity contribution in [3.05, 3.63) is 0 Å². The lowest BCUT2D eigenvalue weighted by atomic mass is 9.94. The van der Waals surface area contributed by atoms with E-state index < -0.39 is 123 Å². The summed E-state index contributed by atoms with van der Waals surface area (Å²) in [6.07, 6.45) is -12.8. The van der Waals surface area contributed by atoms with Crippen LogP contribution >= 0.6 is 0 Å². The van der Waals surface area contributed by atoms with Gasteiger partial charge in [0, 0.05) is 71.4 Å². The molecule has 398 valence electrons. The summed E-state index contributed by atoms with van der Waals surface area (Å²) >= 11 is 0. The van der Waals surface area contributed by atoms with Gasteiger partial charge in [-0.2, -0.15) is 0 Å². The molecule has 0 aromatic heterocycles. The van der Waals surface area contributed by atoms with Gasteiger partial charge in [0.25, 0.3) is 0 Å². The van der Waals surface area contributed by atoms with Crippen molar-refractivity contribution in [1.82, 2.24) is 31.1 Å². The minimum Gasteiger partial charge on any atom is -0.463 e. The van der Waals surface area contributed by atoms with Crippen LogP contribution in [0.4, 0.5) is 0 Å². The number of hydrogen-bond acceptors (Lipinski definition) is 23. The Labute approximate surface area is 398 Å². The Balaban J connectivity index is 1.57. The first kappa shape index (κ1) is 60.9. The number of unbranched alkanes of at least 4 members (excludes halogenated alkanes) is 6. The summed E-state index contributed by atoms with van der Waals surface area (Å²) in [6, 6.07) is -0.898. The van der Waals surface area contributed by atoms with Crippen LogP contribution in [0.2, 0.25) is 0 Å². The van der Waals surface area contributed by atoms with Gasteiger partial charge in [-0.05, 0) is 64.8 Å². The average Bonchev–Trinajstić information content (AvgIpc) is 3.33. The molecule has 28 nitrogen and oxygen atoms in total. The molecule has 0 aliphatic carbocycles. The van der Waals surface area contributed by atoms with E-state index in [1.165, 1.54) is 7.05 Å². The number of nitrogens with zero attached hydrogens (tertiary/aromatic N) is 4. The van der Waals surface area contributed by atoms with Crippen molar-refractivity contribution >= 4 is 41.2 Å². The van der Waals surface area contributed by atoms with Gasteiger partial charge in [-0.15, -0.1) is 0 Å². The molecular formula is C41H73N7O21. The zero-order valence-electron chi connectivity index (χ0n) is 38.8. The van der Waals surface area contributed by atoms with Crippen molar-refractivity contribution in [1.29, 1.82) is 0 Å². The van der Waals surface area contributed by atoms with E-state index in [0.29, 0.717) is 79.5 Å². The second-order valence-electron chi connectivity index (χ2n) is 16.5. The molecule has 2 heterocycles. The number of hydroxylamine groups is 6. The third-order valence-corrected chi connectivity index (χ3v) is 11.2. The lowest BCUT2D eigenvalue weighted by molar-refractivity contribution is -0.325. The van der Waals surface area contributed by atoms with Gasteiger partial charge in [0.15, 0.2) is 6.29 Å². The Morgan fingerprint density at radius 2 is 1.14 bits per heavy atom. The number of esters is 1. The fraction of sp³-hybridized carbons (Fsp3) is 0.829. The van der Waals surface area contributed by atoms with Crippen molar-refractivity contribution in [2.75, 3.05) is 59.6 Å². The number of ether oxygens (including phenoxy) is 4. The monoisotopic (exact) mass is 999 g/mol. The predicted molar refractivity (Wildman–Crippen MR) is 231 cm³/mol. The Bertz CT molecular complexity index is 1600. The number of rotatable bonds is 33. The zero-order chi connectivity index (χ0) is 51.5. The van der Waals surface area contributed by atoms with Crippen LogP contribution < -0.4 is 16.0 Å². The number of nitrogens with one attached hydrogen (secondary N) is 3. The Morgan fingerprint density at radius 1 is 0.652 bits per heavy atom. The van der Waals surface area contributed by atoms with Crippen molar-refractivity contribution in [2.45, 2.75) is 158 Å². The number of oxime groups is 1. The lowest BCUT2D eigenvalue weighted by Crippen LogP contribution is -2.65. The van der Waals surface area contributed by atoms with Crippen LogP contribution in [0.3, 0.4) is 0 Å². The molecule has 5 amide bonds. The van der Waals surface area contributed by atoms with E-state index in [4.69, 9.17) is 24.1 Å². The molecule has 10 atom stereocenters. The molecule has 28 heteroatoms. The second-order valence-corrected chi connectivity index (χ2v) is 16.5. The maximum atomic E-state index is 12.4. The largest absolute Gasteiger partial charge is 0.463 e. The highest BCUT2D eigenvalue weighted by atomic mass is 16.7. The summed E-state index contributed by atoms with van der Waals surface area (Å²) in [5.74, 6) is -3.77. The molecule has 2 aliphatic heterocycles. The molecule has 0 bridgehead atoms. The van der Waals surface area contributed by atoms with Crippen molar-refractivity contribution < 1.29 is 104 Å². The van der Waals surface area contributed by atoms with Crippen LogP contribution in [-0.4, -0.2) is 234 Å². The highest BCUT2D eigenvalue weighted by Gasteiger charge is 2.51. The Kier molecular flexibility index (Phi) is 29.4.